The molecule has 0 N–H and O–H groups in total. The van der Waals surface area contributed by atoms with E-state index in [9.17, 15) is 4.39 Å². The van der Waals surface area contributed by atoms with E-state index >= 15 is 0 Å². The average Bonchev–Trinajstić information content (AvgIpc) is 2.79. The highest BCUT2D eigenvalue weighted by Gasteiger charge is 2.19. The molecule has 0 spiro atoms. The number of halogens is 1. The Bertz CT molecular complexity index is 680. The van der Waals surface area contributed by atoms with Gasteiger partial charge in [0, 0.05) is 39.8 Å². The van der Waals surface area contributed by atoms with E-state index in [2.05, 4.69) is 41.0 Å². The monoisotopic (exact) mass is 402 g/mol. The van der Waals surface area contributed by atoms with Crippen LogP contribution in [0.1, 0.15) is 51.3 Å². The summed E-state index contributed by atoms with van der Waals surface area (Å²) in [5, 5.41) is 0. The molecule has 1 heterocycles. The van der Waals surface area contributed by atoms with Crippen molar-refractivity contribution in [3.8, 4) is 0 Å². The molecular formula is C25H39FN2O. The Morgan fingerprint density at radius 3 is 1.90 bits per heavy atom. The zero-order valence-corrected chi connectivity index (χ0v) is 19.2. The molecule has 0 bridgehead atoms. The van der Waals surface area contributed by atoms with Gasteiger partial charge in [-0.1, -0.05) is 65.0 Å². The predicted octanol–water partition coefficient (Wildman–Crippen LogP) is 5.91. The molecule has 0 aromatic heterocycles. The molecule has 3 nitrogen and oxygen atoms in total. The molecule has 1 saturated heterocycles. The third kappa shape index (κ3) is 7.79. The van der Waals surface area contributed by atoms with Crippen LogP contribution in [0.3, 0.4) is 0 Å². The molecule has 1 fully saturated rings. The second-order valence-electron chi connectivity index (χ2n) is 6.65. The Morgan fingerprint density at radius 1 is 0.828 bits per heavy atom. The molecule has 2 aromatic rings. The number of nitrogens with zero attached hydrogens (tertiary/aromatic N) is 2. The van der Waals surface area contributed by atoms with Gasteiger partial charge in [0.2, 0.25) is 0 Å². The zero-order chi connectivity index (χ0) is 21.6. The molecule has 0 unspecified atom stereocenters. The molecule has 1 aliphatic rings. The van der Waals surface area contributed by atoms with Gasteiger partial charge < -0.3 is 9.64 Å². The highest BCUT2D eigenvalue weighted by Crippen LogP contribution is 2.22. The van der Waals surface area contributed by atoms with Crippen LogP contribution in [0.4, 0.5) is 10.1 Å². The Morgan fingerprint density at radius 2 is 1.38 bits per heavy atom. The first kappa shape index (κ1) is 25.1. The first-order valence-corrected chi connectivity index (χ1v) is 11.0. The molecule has 162 valence electrons. The maximum atomic E-state index is 14.3. The van der Waals surface area contributed by atoms with Gasteiger partial charge in [-0.25, -0.2) is 4.39 Å². The molecule has 29 heavy (non-hydrogen) atoms. The Labute approximate surface area is 177 Å². The fourth-order valence-corrected chi connectivity index (χ4v) is 3.34. The predicted molar refractivity (Wildman–Crippen MR) is 123 cm³/mol. The van der Waals surface area contributed by atoms with Gasteiger partial charge >= 0.3 is 0 Å². The van der Waals surface area contributed by atoms with E-state index in [1.54, 1.807) is 13.2 Å². The summed E-state index contributed by atoms with van der Waals surface area (Å²) in [5.41, 5.74) is 4.30. The van der Waals surface area contributed by atoms with Crippen molar-refractivity contribution in [1.82, 2.24) is 4.90 Å². The standard InChI is InChI=1S/C21H27FN2O.2C2H6/c1-3-17-8-9-21(20(22)14-17)24-12-10-23(11-13-24)15-18-4-6-19(7-5-18)16-25-2;2*1-2/h4-9,14H,3,10-13,15-16H2,1-2H3;2*1-2H3. The Kier molecular flexibility index (Phi) is 12.2. The topological polar surface area (TPSA) is 15.7 Å². The third-order valence-corrected chi connectivity index (χ3v) is 4.87. The van der Waals surface area contributed by atoms with Crippen molar-refractivity contribution in [1.29, 1.82) is 0 Å². The van der Waals surface area contributed by atoms with Gasteiger partial charge in [0.25, 0.3) is 0 Å². The minimum atomic E-state index is -0.0958. The lowest BCUT2D eigenvalue weighted by atomic mass is 10.1. The lowest BCUT2D eigenvalue weighted by molar-refractivity contribution is 0.185. The van der Waals surface area contributed by atoms with Gasteiger partial charge in [0.1, 0.15) is 5.82 Å². The number of anilines is 1. The van der Waals surface area contributed by atoms with E-state index in [0.717, 1.165) is 50.4 Å². The van der Waals surface area contributed by atoms with Crippen LogP contribution in [-0.4, -0.2) is 38.2 Å². The van der Waals surface area contributed by atoms with Crippen LogP contribution in [0, 0.1) is 5.82 Å². The third-order valence-electron chi connectivity index (χ3n) is 4.87. The molecule has 0 amide bonds. The van der Waals surface area contributed by atoms with E-state index in [1.165, 1.54) is 11.1 Å². The van der Waals surface area contributed by atoms with Gasteiger partial charge in [0.15, 0.2) is 0 Å². The van der Waals surface area contributed by atoms with E-state index in [-0.39, 0.29) is 5.82 Å². The second kappa shape index (κ2) is 14.1. The number of methoxy groups -OCH3 is 1. The summed E-state index contributed by atoms with van der Waals surface area (Å²) >= 11 is 0. The van der Waals surface area contributed by atoms with Crippen molar-refractivity contribution in [2.45, 2.75) is 54.2 Å². The normalized spacial score (nSPS) is 13.8. The molecule has 0 aliphatic carbocycles. The maximum absolute atomic E-state index is 14.3. The lowest BCUT2D eigenvalue weighted by Crippen LogP contribution is -2.46. The van der Waals surface area contributed by atoms with Gasteiger partial charge in [-0.05, 0) is 35.2 Å². The summed E-state index contributed by atoms with van der Waals surface area (Å²) in [6.07, 6.45) is 0.869. The number of benzene rings is 2. The molecule has 0 atom stereocenters. The van der Waals surface area contributed by atoms with Gasteiger partial charge in [-0.2, -0.15) is 0 Å². The molecule has 3 rings (SSSR count). The minimum absolute atomic E-state index is 0.0958. The van der Waals surface area contributed by atoms with Crippen LogP contribution in [0.2, 0.25) is 0 Å². The summed E-state index contributed by atoms with van der Waals surface area (Å²) in [6.45, 7) is 15.3. The summed E-state index contributed by atoms with van der Waals surface area (Å²) in [7, 11) is 1.71. The number of hydrogen-bond donors (Lipinski definition) is 0. The lowest BCUT2D eigenvalue weighted by Gasteiger charge is -2.36. The average molecular weight is 403 g/mol. The van der Waals surface area contributed by atoms with Crippen molar-refractivity contribution in [2.24, 2.45) is 0 Å². The van der Waals surface area contributed by atoms with Crippen LogP contribution in [0.5, 0.6) is 0 Å². The number of hydrogen-bond acceptors (Lipinski definition) is 3. The van der Waals surface area contributed by atoms with Crippen molar-refractivity contribution in [3.05, 3.63) is 65.0 Å². The number of rotatable bonds is 6. The van der Waals surface area contributed by atoms with Crippen LogP contribution in [0.25, 0.3) is 0 Å². The van der Waals surface area contributed by atoms with Crippen LogP contribution >= 0.6 is 0 Å². The summed E-state index contributed by atoms with van der Waals surface area (Å²) < 4.78 is 19.4. The summed E-state index contributed by atoms with van der Waals surface area (Å²) in [6, 6.07) is 14.2. The van der Waals surface area contributed by atoms with E-state index in [1.807, 2.05) is 39.8 Å². The van der Waals surface area contributed by atoms with Gasteiger partial charge in [0.05, 0.1) is 12.3 Å². The highest BCUT2D eigenvalue weighted by atomic mass is 19.1. The molecule has 1 aliphatic heterocycles. The van der Waals surface area contributed by atoms with Crippen molar-refractivity contribution in [2.75, 3.05) is 38.2 Å². The van der Waals surface area contributed by atoms with E-state index < -0.39 is 0 Å². The highest BCUT2D eigenvalue weighted by molar-refractivity contribution is 5.49. The smallest absolute Gasteiger partial charge is 0.146 e. The van der Waals surface area contributed by atoms with E-state index in [0.29, 0.717) is 6.61 Å². The maximum Gasteiger partial charge on any atom is 0.146 e. The molecule has 0 radical (unpaired) electrons. The van der Waals surface area contributed by atoms with E-state index in [4.69, 9.17) is 4.74 Å². The van der Waals surface area contributed by atoms with Gasteiger partial charge in [-0.15, -0.1) is 0 Å². The van der Waals surface area contributed by atoms with Crippen LogP contribution in [0.15, 0.2) is 42.5 Å². The summed E-state index contributed by atoms with van der Waals surface area (Å²) in [4.78, 5) is 4.59. The van der Waals surface area contributed by atoms with Gasteiger partial charge in [-0.3, -0.25) is 4.90 Å². The second-order valence-corrected chi connectivity index (χ2v) is 6.65. The molecule has 4 heteroatoms. The van der Waals surface area contributed by atoms with Crippen molar-refractivity contribution in [3.63, 3.8) is 0 Å². The molecular weight excluding hydrogens is 363 g/mol. The number of aryl methyl sites for hydroxylation is 1. The molecule has 0 saturated carbocycles. The number of ether oxygens (including phenoxy) is 1. The van der Waals surface area contributed by atoms with Crippen molar-refractivity contribution < 1.29 is 9.13 Å². The first-order valence-electron chi connectivity index (χ1n) is 11.0. The molecule has 2 aromatic carbocycles. The first-order chi connectivity index (χ1) is 14.2. The Balaban J connectivity index is 0.000000989. The SMILES string of the molecule is CC.CC.CCc1ccc(N2CCN(Cc3ccc(COC)cc3)CC2)c(F)c1. The number of piperazine rings is 1. The fourth-order valence-electron chi connectivity index (χ4n) is 3.34. The zero-order valence-electron chi connectivity index (χ0n) is 19.2. The Hall–Kier alpha value is -1.91. The summed E-state index contributed by atoms with van der Waals surface area (Å²) in [5.74, 6) is -0.0958. The van der Waals surface area contributed by atoms with Crippen LogP contribution < -0.4 is 4.90 Å². The van der Waals surface area contributed by atoms with Crippen LogP contribution in [-0.2, 0) is 24.3 Å². The fraction of sp³-hybridized carbons (Fsp3) is 0.520. The quantitative estimate of drug-likeness (QED) is 0.597. The minimum Gasteiger partial charge on any atom is -0.380 e. The largest absolute Gasteiger partial charge is 0.380 e. The van der Waals surface area contributed by atoms with Crippen molar-refractivity contribution >= 4 is 5.69 Å².